The van der Waals surface area contributed by atoms with Crippen molar-refractivity contribution in [1.82, 2.24) is 20.6 Å². The Morgan fingerprint density at radius 2 is 1.96 bits per heavy atom. The first kappa shape index (κ1) is 15.6. The number of rotatable bonds is 5. The SMILES string of the molecule is O=C(/C=C/c1cc2ccccc2o1)NNc1nc(-c2ccncc2)no1. The van der Waals surface area contributed by atoms with Crippen LogP contribution in [0.15, 0.2) is 69.9 Å². The van der Waals surface area contributed by atoms with Gasteiger partial charge < -0.3 is 8.94 Å². The molecular weight excluding hydrogens is 334 g/mol. The molecule has 0 aliphatic rings. The molecule has 0 spiro atoms. The van der Waals surface area contributed by atoms with Gasteiger partial charge in [0.15, 0.2) is 0 Å². The van der Waals surface area contributed by atoms with Crippen LogP contribution in [0.2, 0.25) is 0 Å². The van der Waals surface area contributed by atoms with Gasteiger partial charge in [0.05, 0.1) is 0 Å². The lowest BCUT2D eigenvalue weighted by Gasteiger charge is -1.99. The number of furan rings is 1. The first-order chi connectivity index (χ1) is 12.8. The van der Waals surface area contributed by atoms with Crippen LogP contribution in [0.5, 0.6) is 0 Å². The quantitative estimate of drug-likeness (QED) is 0.422. The van der Waals surface area contributed by atoms with Gasteiger partial charge in [0.1, 0.15) is 11.3 Å². The second-order valence-electron chi connectivity index (χ2n) is 5.29. The molecule has 3 aromatic heterocycles. The zero-order valence-corrected chi connectivity index (χ0v) is 13.4. The highest BCUT2D eigenvalue weighted by Gasteiger charge is 2.08. The predicted octanol–water partition coefficient (Wildman–Crippen LogP) is 3.03. The van der Waals surface area contributed by atoms with Crippen molar-refractivity contribution < 1.29 is 13.7 Å². The molecule has 0 fully saturated rings. The Labute approximate surface area is 147 Å². The number of benzene rings is 1. The van der Waals surface area contributed by atoms with Crippen molar-refractivity contribution in [1.29, 1.82) is 0 Å². The normalized spacial score (nSPS) is 11.1. The minimum absolute atomic E-state index is 0.0716. The molecule has 0 aliphatic heterocycles. The molecule has 0 saturated heterocycles. The molecule has 2 N–H and O–H groups in total. The fourth-order valence-corrected chi connectivity index (χ4v) is 2.29. The summed E-state index contributed by atoms with van der Waals surface area (Å²) >= 11 is 0. The summed E-state index contributed by atoms with van der Waals surface area (Å²) in [7, 11) is 0. The zero-order valence-electron chi connectivity index (χ0n) is 13.4. The number of nitrogens with zero attached hydrogens (tertiary/aromatic N) is 3. The van der Waals surface area contributed by atoms with Crippen molar-refractivity contribution in [2.24, 2.45) is 0 Å². The van der Waals surface area contributed by atoms with Gasteiger partial charge in [-0.1, -0.05) is 23.4 Å². The molecule has 128 valence electrons. The first-order valence-corrected chi connectivity index (χ1v) is 7.75. The van der Waals surface area contributed by atoms with E-state index in [2.05, 4.69) is 26.0 Å². The summed E-state index contributed by atoms with van der Waals surface area (Å²) in [6.07, 6.45) is 6.17. The van der Waals surface area contributed by atoms with Crippen LogP contribution in [0.3, 0.4) is 0 Å². The second kappa shape index (κ2) is 6.89. The van der Waals surface area contributed by atoms with E-state index >= 15 is 0 Å². The maximum absolute atomic E-state index is 11.9. The van der Waals surface area contributed by atoms with Gasteiger partial charge in [-0.2, -0.15) is 4.98 Å². The Morgan fingerprint density at radius 3 is 2.81 bits per heavy atom. The number of fused-ring (bicyclic) bond motifs is 1. The van der Waals surface area contributed by atoms with Crippen LogP contribution < -0.4 is 10.9 Å². The van der Waals surface area contributed by atoms with E-state index in [1.807, 2.05) is 30.3 Å². The number of anilines is 1. The molecule has 4 aromatic rings. The molecule has 0 atom stereocenters. The number of carbonyl (C=O) groups is 1. The summed E-state index contributed by atoms with van der Waals surface area (Å²) in [4.78, 5) is 19.9. The van der Waals surface area contributed by atoms with Crippen molar-refractivity contribution in [3.8, 4) is 11.4 Å². The molecule has 4 rings (SSSR count). The molecule has 0 bridgehead atoms. The molecule has 8 heteroatoms. The molecule has 0 saturated carbocycles. The molecule has 8 nitrogen and oxygen atoms in total. The summed E-state index contributed by atoms with van der Waals surface area (Å²) in [5, 5.41) is 4.79. The maximum Gasteiger partial charge on any atom is 0.340 e. The van der Waals surface area contributed by atoms with Gasteiger partial charge >= 0.3 is 6.01 Å². The summed E-state index contributed by atoms with van der Waals surface area (Å²) in [5.74, 6) is 0.579. The number of hydrogen-bond donors (Lipinski definition) is 2. The lowest BCUT2D eigenvalue weighted by molar-refractivity contribution is -0.116. The average molecular weight is 347 g/mol. The van der Waals surface area contributed by atoms with Gasteiger partial charge in [-0.15, -0.1) is 0 Å². The van der Waals surface area contributed by atoms with Crippen molar-refractivity contribution in [2.45, 2.75) is 0 Å². The van der Waals surface area contributed by atoms with Gasteiger partial charge in [0.2, 0.25) is 5.82 Å². The van der Waals surface area contributed by atoms with Gasteiger partial charge in [-0.25, -0.2) is 5.43 Å². The van der Waals surface area contributed by atoms with Crippen LogP contribution in [0.1, 0.15) is 5.76 Å². The Hall–Kier alpha value is -3.94. The van der Waals surface area contributed by atoms with Crippen LogP contribution in [0.25, 0.3) is 28.4 Å². The van der Waals surface area contributed by atoms with E-state index in [9.17, 15) is 4.79 Å². The van der Waals surface area contributed by atoms with E-state index < -0.39 is 5.91 Å². The predicted molar refractivity (Wildman–Crippen MR) is 94.5 cm³/mol. The minimum Gasteiger partial charge on any atom is -0.457 e. The number of amides is 1. The number of aromatic nitrogens is 3. The number of para-hydroxylation sites is 1. The topological polar surface area (TPSA) is 106 Å². The molecular formula is C18H13N5O3. The highest BCUT2D eigenvalue weighted by atomic mass is 16.5. The smallest absolute Gasteiger partial charge is 0.340 e. The largest absolute Gasteiger partial charge is 0.457 e. The van der Waals surface area contributed by atoms with E-state index in [4.69, 9.17) is 8.94 Å². The summed E-state index contributed by atoms with van der Waals surface area (Å²) in [5.41, 5.74) is 6.52. The van der Waals surface area contributed by atoms with Crippen molar-refractivity contribution >= 4 is 29.0 Å². The van der Waals surface area contributed by atoms with E-state index in [0.29, 0.717) is 11.6 Å². The van der Waals surface area contributed by atoms with Crippen LogP contribution in [0, 0.1) is 0 Å². The van der Waals surface area contributed by atoms with Crippen molar-refractivity contribution in [3.05, 3.63) is 66.7 Å². The van der Waals surface area contributed by atoms with E-state index in [-0.39, 0.29) is 6.01 Å². The number of carbonyl (C=O) groups excluding carboxylic acids is 1. The first-order valence-electron chi connectivity index (χ1n) is 7.75. The van der Waals surface area contributed by atoms with E-state index in [1.54, 1.807) is 30.6 Å². The summed E-state index contributed by atoms with van der Waals surface area (Å²) < 4.78 is 10.6. The van der Waals surface area contributed by atoms with Crippen molar-refractivity contribution in [2.75, 3.05) is 5.43 Å². The van der Waals surface area contributed by atoms with E-state index in [0.717, 1.165) is 16.5 Å². The van der Waals surface area contributed by atoms with Gasteiger partial charge in [0, 0.05) is 29.4 Å². The third-order valence-electron chi connectivity index (χ3n) is 3.50. The standard InChI is InChI=1S/C18H13N5O3/c24-16(6-5-14-11-13-3-1-2-4-15(13)25-14)21-22-18-20-17(23-26-18)12-7-9-19-10-8-12/h1-11H,(H,21,24)(H,20,22,23)/b6-5+. The summed E-state index contributed by atoms with van der Waals surface area (Å²) in [6, 6.07) is 13.0. The fourth-order valence-electron chi connectivity index (χ4n) is 2.29. The highest BCUT2D eigenvalue weighted by Crippen LogP contribution is 2.19. The van der Waals surface area contributed by atoms with Crippen LogP contribution in [0.4, 0.5) is 6.01 Å². The average Bonchev–Trinajstić information content (AvgIpc) is 3.32. The third-order valence-corrected chi connectivity index (χ3v) is 3.50. The molecule has 0 aliphatic carbocycles. The number of hydrazine groups is 1. The Bertz CT molecular complexity index is 1040. The molecule has 0 radical (unpaired) electrons. The van der Waals surface area contributed by atoms with Gasteiger partial charge in [-0.3, -0.25) is 15.2 Å². The van der Waals surface area contributed by atoms with Crippen molar-refractivity contribution in [3.63, 3.8) is 0 Å². The summed E-state index contributed by atoms with van der Waals surface area (Å²) in [6.45, 7) is 0. The minimum atomic E-state index is -0.394. The van der Waals surface area contributed by atoms with Gasteiger partial charge in [0.25, 0.3) is 5.91 Å². The van der Waals surface area contributed by atoms with Gasteiger partial charge in [-0.05, 0) is 30.3 Å². The van der Waals surface area contributed by atoms with Crippen LogP contribution in [-0.4, -0.2) is 21.0 Å². The molecule has 1 amide bonds. The fraction of sp³-hybridized carbons (Fsp3) is 0. The lowest BCUT2D eigenvalue weighted by atomic mass is 10.2. The zero-order chi connectivity index (χ0) is 17.8. The number of hydrogen-bond acceptors (Lipinski definition) is 7. The van der Waals surface area contributed by atoms with Crippen LogP contribution >= 0.6 is 0 Å². The molecule has 1 aromatic carbocycles. The Kier molecular flexibility index (Phi) is 4.13. The Morgan fingerprint density at radius 1 is 1.12 bits per heavy atom. The highest BCUT2D eigenvalue weighted by molar-refractivity contribution is 5.92. The Balaban J connectivity index is 1.36. The molecule has 26 heavy (non-hydrogen) atoms. The van der Waals surface area contributed by atoms with E-state index in [1.165, 1.54) is 6.08 Å². The molecule has 3 heterocycles. The third kappa shape index (κ3) is 3.44. The number of nitrogens with one attached hydrogen (secondary N) is 2. The molecule has 0 unspecified atom stereocenters. The maximum atomic E-state index is 11.9. The number of pyridine rings is 1. The van der Waals surface area contributed by atoms with Crippen LogP contribution in [-0.2, 0) is 4.79 Å². The second-order valence-corrected chi connectivity index (χ2v) is 5.29. The monoisotopic (exact) mass is 347 g/mol. The lowest BCUT2D eigenvalue weighted by Crippen LogP contribution is -2.27.